The van der Waals surface area contributed by atoms with Gasteiger partial charge in [0.15, 0.2) is 0 Å². The topological polar surface area (TPSA) is 52.5 Å². The third kappa shape index (κ3) is 1.31. The lowest BCUT2D eigenvalue weighted by atomic mass is 10.0. The molecule has 1 saturated carbocycles. The van der Waals surface area contributed by atoms with Crippen molar-refractivity contribution in [3.05, 3.63) is 42.1 Å². The van der Waals surface area contributed by atoms with Crippen molar-refractivity contribution in [1.29, 1.82) is 5.26 Å². The molecule has 1 aliphatic rings. The van der Waals surface area contributed by atoms with E-state index in [4.69, 9.17) is 5.26 Å². The minimum Gasteiger partial charge on any atom is -0.280 e. The lowest BCUT2D eigenvalue weighted by Gasteiger charge is -1.98. The van der Waals surface area contributed by atoms with Gasteiger partial charge < -0.3 is 0 Å². The molecule has 0 aliphatic heterocycles. The first-order chi connectivity index (χ1) is 7.84. The molecule has 1 aromatic carbocycles. The molecule has 0 radical (unpaired) electrons. The second-order valence-corrected chi connectivity index (χ2v) is 4.23. The molecule has 1 heterocycles. The second-order valence-electron chi connectivity index (χ2n) is 4.23. The van der Waals surface area contributed by atoms with Crippen molar-refractivity contribution in [2.24, 2.45) is 0 Å². The van der Waals surface area contributed by atoms with Crippen LogP contribution in [0.2, 0.25) is 0 Å². The minimum atomic E-state index is -0.278. The van der Waals surface area contributed by atoms with Gasteiger partial charge in [0.1, 0.15) is 0 Å². The van der Waals surface area contributed by atoms with Crippen LogP contribution in [0, 0.1) is 11.3 Å². The summed E-state index contributed by atoms with van der Waals surface area (Å²) in [5.41, 5.74) is 2.67. The molecule has 1 aliphatic carbocycles. The van der Waals surface area contributed by atoms with Gasteiger partial charge in [-0.05, 0) is 18.9 Å². The number of nitriles is 1. The molecule has 0 bridgehead atoms. The Balaban J connectivity index is 1.98. The molecule has 0 amide bonds. The van der Waals surface area contributed by atoms with Gasteiger partial charge in [0, 0.05) is 5.56 Å². The lowest BCUT2D eigenvalue weighted by Crippen LogP contribution is -2.02. The van der Waals surface area contributed by atoms with Gasteiger partial charge in [0.25, 0.3) is 0 Å². The molecule has 1 N–H and O–H groups in total. The predicted molar refractivity (Wildman–Crippen MR) is 60.5 cm³/mol. The average molecular weight is 209 g/mol. The molecule has 78 valence electrons. The number of hydrogen-bond donors (Lipinski definition) is 1. The van der Waals surface area contributed by atoms with Gasteiger partial charge in [-0.2, -0.15) is 10.4 Å². The number of benzene rings is 1. The summed E-state index contributed by atoms with van der Waals surface area (Å²) in [6.45, 7) is 0. The number of H-pyrrole nitrogens is 1. The normalized spacial score (nSPS) is 16.7. The van der Waals surface area contributed by atoms with E-state index < -0.39 is 0 Å². The molecule has 0 saturated heterocycles. The van der Waals surface area contributed by atoms with Gasteiger partial charge in [0.05, 0.1) is 22.9 Å². The van der Waals surface area contributed by atoms with Gasteiger partial charge in [-0.15, -0.1) is 0 Å². The summed E-state index contributed by atoms with van der Waals surface area (Å²) in [4.78, 5) is 0. The Kier molecular flexibility index (Phi) is 1.84. The van der Waals surface area contributed by atoms with Gasteiger partial charge in [0.2, 0.25) is 0 Å². The molecule has 1 fully saturated rings. The van der Waals surface area contributed by atoms with Crippen molar-refractivity contribution in [3.8, 4) is 17.3 Å². The van der Waals surface area contributed by atoms with Gasteiger partial charge in [-0.3, -0.25) is 5.10 Å². The Morgan fingerprint density at radius 2 is 2.00 bits per heavy atom. The second kappa shape index (κ2) is 3.21. The molecular formula is C13H11N3. The SMILES string of the molecule is N#CC1(c2cc(-c3ccccc3)n[nH]2)CC1. The quantitative estimate of drug-likeness (QED) is 0.826. The van der Waals surface area contributed by atoms with Crippen LogP contribution in [-0.2, 0) is 5.41 Å². The van der Waals surface area contributed by atoms with Crippen molar-refractivity contribution in [3.63, 3.8) is 0 Å². The highest BCUT2D eigenvalue weighted by Crippen LogP contribution is 2.47. The number of aromatic nitrogens is 2. The summed E-state index contributed by atoms with van der Waals surface area (Å²) in [6.07, 6.45) is 1.89. The molecule has 2 aromatic rings. The van der Waals surface area contributed by atoms with Crippen LogP contribution in [0.3, 0.4) is 0 Å². The van der Waals surface area contributed by atoms with Crippen LogP contribution in [0.15, 0.2) is 36.4 Å². The zero-order chi connectivity index (χ0) is 11.0. The van der Waals surface area contributed by atoms with E-state index in [1.54, 1.807) is 0 Å². The minimum absolute atomic E-state index is 0.278. The largest absolute Gasteiger partial charge is 0.280 e. The van der Waals surface area contributed by atoms with E-state index in [0.29, 0.717) is 0 Å². The van der Waals surface area contributed by atoms with E-state index in [2.05, 4.69) is 16.3 Å². The molecule has 0 unspecified atom stereocenters. The van der Waals surface area contributed by atoms with E-state index in [1.165, 1.54) is 0 Å². The predicted octanol–water partition coefficient (Wildman–Crippen LogP) is 2.63. The van der Waals surface area contributed by atoms with Crippen LogP contribution in [0.5, 0.6) is 0 Å². The first-order valence-electron chi connectivity index (χ1n) is 5.37. The Bertz CT molecular complexity index is 544. The van der Waals surface area contributed by atoms with Crippen molar-refractivity contribution in [2.75, 3.05) is 0 Å². The van der Waals surface area contributed by atoms with Crippen molar-refractivity contribution < 1.29 is 0 Å². The Hall–Kier alpha value is -2.08. The molecule has 16 heavy (non-hydrogen) atoms. The summed E-state index contributed by atoms with van der Waals surface area (Å²) in [7, 11) is 0. The standard InChI is InChI=1S/C13H11N3/c14-9-13(6-7-13)12-8-11(15-16-12)10-4-2-1-3-5-10/h1-5,8H,6-7H2,(H,15,16). The first-order valence-corrected chi connectivity index (χ1v) is 5.37. The third-order valence-corrected chi connectivity index (χ3v) is 3.13. The van der Waals surface area contributed by atoms with Crippen molar-refractivity contribution in [2.45, 2.75) is 18.3 Å². The van der Waals surface area contributed by atoms with Crippen LogP contribution in [0.1, 0.15) is 18.5 Å². The highest BCUT2D eigenvalue weighted by molar-refractivity contribution is 5.60. The maximum atomic E-state index is 9.09. The first kappa shape index (κ1) is 9.17. The maximum Gasteiger partial charge on any atom is 0.0989 e. The van der Waals surface area contributed by atoms with Crippen molar-refractivity contribution in [1.82, 2.24) is 10.2 Å². The van der Waals surface area contributed by atoms with Crippen LogP contribution in [0.25, 0.3) is 11.3 Å². The summed E-state index contributed by atoms with van der Waals surface area (Å²) < 4.78 is 0. The molecule has 3 nitrogen and oxygen atoms in total. The number of rotatable bonds is 2. The van der Waals surface area contributed by atoms with E-state index in [9.17, 15) is 0 Å². The highest BCUT2D eigenvalue weighted by Gasteiger charge is 2.46. The fourth-order valence-electron chi connectivity index (χ4n) is 1.89. The summed E-state index contributed by atoms with van der Waals surface area (Å²) in [5, 5.41) is 16.3. The van der Waals surface area contributed by atoms with Crippen LogP contribution in [-0.4, -0.2) is 10.2 Å². The summed E-state index contributed by atoms with van der Waals surface area (Å²) in [5.74, 6) is 0. The number of nitrogens with zero attached hydrogens (tertiary/aromatic N) is 2. The van der Waals surface area contributed by atoms with Gasteiger partial charge in [-0.25, -0.2) is 0 Å². The highest BCUT2D eigenvalue weighted by atomic mass is 15.1. The zero-order valence-corrected chi connectivity index (χ0v) is 8.77. The maximum absolute atomic E-state index is 9.09. The van der Waals surface area contributed by atoms with Gasteiger partial charge >= 0.3 is 0 Å². The number of aromatic amines is 1. The molecule has 3 rings (SSSR count). The molecular weight excluding hydrogens is 198 g/mol. The van der Waals surface area contributed by atoms with E-state index >= 15 is 0 Å². The molecule has 1 aromatic heterocycles. The molecule has 0 atom stereocenters. The Labute approximate surface area is 93.7 Å². The Morgan fingerprint density at radius 1 is 1.25 bits per heavy atom. The van der Waals surface area contributed by atoms with Crippen LogP contribution in [0.4, 0.5) is 0 Å². The van der Waals surface area contributed by atoms with E-state index in [1.807, 2.05) is 36.4 Å². The number of hydrogen-bond acceptors (Lipinski definition) is 2. The van der Waals surface area contributed by atoms with E-state index in [0.717, 1.165) is 29.8 Å². The smallest absolute Gasteiger partial charge is 0.0989 e. The van der Waals surface area contributed by atoms with Crippen molar-refractivity contribution >= 4 is 0 Å². The zero-order valence-electron chi connectivity index (χ0n) is 8.77. The molecule has 0 spiro atoms. The number of nitrogens with one attached hydrogen (secondary N) is 1. The van der Waals surface area contributed by atoms with Gasteiger partial charge in [-0.1, -0.05) is 30.3 Å². The third-order valence-electron chi connectivity index (χ3n) is 3.13. The fourth-order valence-corrected chi connectivity index (χ4v) is 1.89. The summed E-state index contributed by atoms with van der Waals surface area (Å²) >= 11 is 0. The lowest BCUT2D eigenvalue weighted by molar-refractivity contribution is 0.838. The Morgan fingerprint density at radius 3 is 2.62 bits per heavy atom. The van der Waals surface area contributed by atoms with Crippen LogP contribution < -0.4 is 0 Å². The van der Waals surface area contributed by atoms with Crippen LogP contribution >= 0.6 is 0 Å². The average Bonchev–Trinajstić information content (AvgIpc) is 3.00. The molecule has 3 heteroatoms. The summed E-state index contributed by atoms with van der Waals surface area (Å²) in [6, 6.07) is 14.3. The monoisotopic (exact) mass is 209 g/mol. The fraction of sp³-hybridized carbons (Fsp3) is 0.231. The van der Waals surface area contributed by atoms with E-state index in [-0.39, 0.29) is 5.41 Å².